The number of nitrogens with zero attached hydrogens (tertiary/aromatic N) is 2. The van der Waals surface area contributed by atoms with E-state index in [2.05, 4.69) is 0 Å². The van der Waals surface area contributed by atoms with Crippen LogP contribution in [0.15, 0.2) is 18.0 Å². The molecule has 2 aliphatic carbocycles. The number of nitrogens with two attached hydrogens (primary N) is 1. The van der Waals surface area contributed by atoms with Crippen molar-refractivity contribution in [1.29, 1.82) is 0 Å². The van der Waals surface area contributed by atoms with Gasteiger partial charge in [-0.1, -0.05) is 11.6 Å². The highest BCUT2D eigenvalue weighted by molar-refractivity contribution is 6.36. The van der Waals surface area contributed by atoms with Gasteiger partial charge in [0.1, 0.15) is 5.69 Å². The molecule has 0 amide bonds. The summed E-state index contributed by atoms with van der Waals surface area (Å²) in [6.45, 7) is 1.41. The first-order chi connectivity index (χ1) is 12.4. The van der Waals surface area contributed by atoms with E-state index in [1.54, 1.807) is 0 Å². The lowest BCUT2D eigenvalue weighted by Crippen LogP contribution is -2.29. The van der Waals surface area contributed by atoms with Gasteiger partial charge in [-0.2, -0.15) is 0 Å². The third kappa shape index (κ3) is 2.30. The molecule has 2 saturated carbocycles. The molecule has 0 radical (unpaired) electrons. The third-order valence-electron chi connectivity index (χ3n) is 5.97. The largest absolute Gasteiger partial charge is 0.475 e. The quantitative estimate of drug-likeness (QED) is 0.840. The number of carboxylic acid groups (broad SMARTS) is 1. The molecule has 0 bridgehead atoms. The van der Waals surface area contributed by atoms with Crippen molar-refractivity contribution in [3.8, 4) is 5.75 Å². The molecule has 138 valence electrons. The molecule has 6 nitrogen and oxygen atoms in total. The van der Waals surface area contributed by atoms with Crippen molar-refractivity contribution in [2.75, 3.05) is 22.9 Å². The average molecular weight is 380 g/mol. The smallest absolute Gasteiger partial charge is 0.373 e. The van der Waals surface area contributed by atoms with Crippen LogP contribution in [0, 0.1) is 11.2 Å². The van der Waals surface area contributed by atoms with E-state index in [0.717, 1.165) is 25.7 Å². The van der Waals surface area contributed by atoms with Gasteiger partial charge in [0.2, 0.25) is 5.76 Å². The van der Waals surface area contributed by atoms with Gasteiger partial charge in [-0.15, -0.1) is 0 Å². The van der Waals surface area contributed by atoms with E-state index in [9.17, 15) is 14.3 Å². The molecule has 1 aromatic rings. The van der Waals surface area contributed by atoms with Crippen LogP contribution in [0.3, 0.4) is 0 Å². The number of aliphatic carboxylic acids is 1. The van der Waals surface area contributed by atoms with Crippen LogP contribution in [-0.2, 0) is 4.79 Å². The minimum absolute atomic E-state index is 0.0920. The maximum absolute atomic E-state index is 14.9. The number of fused-ring (bicyclic) bond motifs is 1. The molecule has 8 heteroatoms. The molecule has 3 fully saturated rings. The lowest BCUT2D eigenvalue weighted by molar-refractivity contribution is -0.135. The summed E-state index contributed by atoms with van der Waals surface area (Å²) in [4.78, 5) is 15.1. The summed E-state index contributed by atoms with van der Waals surface area (Å²) >= 11 is 6.64. The lowest BCUT2D eigenvalue weighted by atomic mass is 10.1. The molecule has 2 heterocycles. The van der Waals surface area contributed by atoms with Crippen molar-refractivity contribution in [2.24, 2.45) is 11.1 Å². The molecule has 1 aromatic carbocycles. The van der Waals surface area contributed by atoms with Crippen LogP contribution in [0.25, 0.3) is 0 Å². The first kappa shape index (κ1) is 16.2. The van der Waals surface area contributed by atoms with Crippen LogP contribution in [0.4, 0.5) is 15.8 Å². The van der Waals surface area contributed by atoms with Gasteiger partial charge in [0.15, 0.2) is 11.6 Å². The fraction of sp³-hybridized carbons (Fsp3) is 0.500. The molecule has 5 rings (SSSR count). The van der Waals surface area contributed by atoms with E-state index in [0.29, 0.717) is 24.5 Å². The highest BCUT2D eigenvalue weighted by atomic mass is 35.5. The first-order valence-corrected chi connectivity index (χ1v) is 9.21. The van der Waals surface area contributed by atoms with Crippen LogP contribution in [0.2, 0.25) is 5.02 Å². The second kappa shape index (κ2) is 5.27. The molecule has 3 N–H and O–H groups in total. The van der Waals surface area contributed by atoms with Crippen molar-refractivity contribution in [2.45, 2.75) is 37.8 Å². The van der Waals surface area contributed by atoms with E-state index in [1.165, 1.54) is 12.3 Å². The first-order valence-electron chi connectivity index (χ1n) is 8.83. The number of halogens is 2. The van der Waals surface area contributed by atoms with E-state index in [1.807, 2.05) is 9.80 Å². The zero-order chi connectivity index (χ0) is 18.2. The second-order valence-corrected chi connectivity index (χ2v) is 8.13. The highest BCUT2D eigenvalue weighted by Crippen LogP contribution is 2.55. The number of hydrogen-bond acceptors (Lipinski definition) is 5. The molecular weight excluding hydrogens is 361 g/mol. The minimum Gasteiger partial charge on any atom is -0.475 e. The molecule has 4 aliphatic rings. The number of carbonyl (C=O) groups is 1. The zero-order valence-corrected chi connectivity index (χ0v) is 14.8. The summed E-state index contributed by atoms with van der Waals surface area (Å²) in [5, 5.41) is 9.55. The van der Waals surface area contributed by atoms with E-state index < -0.39 is 11.8 Å². The Kier molecular flexibility index (Phi) is 3.28. The fourth-order valence-electron chi connectivity index (χ4n) is 4.20. The summed E-state index contributed by atoms with van der Waals surface area (Å²) in [6, 6.07) is 1.60. The SMILES string of the molecule is NC1CC12CCN(c1c(F)cc3c(c1Cl)N(C1CC1)C=C(C(=O)O)O3)C2. The highest BCUT2D eigenvalue weighted by Gasteiger charge is 2.56. The van der Waals surface area contributed by atoms with Gasteiger partial charge >= 0.3 is 5.97 Å². The van der Waals surface area contributed by atoms with Crippen molar-refractivity contribution in [1.82, 2.24) is 0 Å². The standard InChI is InChI=1S/C18H19ClFN3O3/c19-14-15(22-4-3-18(8-22)6-13(18)21)10(20)5-11-16(14)23(9-1-2-9)7-12(26-11)17(24)25/h5,7,9,13H,1-4,6,8,21H2,(H,24,25). The topological polar surface area (TPSA) is 79.0 Å². The number of benzene rings is 1. The van der Waals surface area contributed by atoms with Crippen molar-refractivity contribution in [3.05, 3.63) is 28.9 Å². The van der Waals surface area contributed by atoms with Gasteiger partial charge in [-0.05, 0) is 25.7 Å². The molecule has 2 unspecified atom stereocenters. The molecule has 0 aromatic heterocycles. The Morgan fingerprint density at radius 3 is 2.73 bits per heavy atom. The van der Waals surface area contributed by atoms with E-state index >= 15 is 0 Å². The van der Waals surface area contributed by atoms with Gasteiger partial charge in [0.05, 0.1) is 16.9 Å². The second-order valence-electron chi connectivity index (χ2n) is 7.75. The molecule has 1 spiro atoms. The maximum atomic E-state index is 14.9. The summed E-state index contributed by atoms with van der Waals surface area (Å²) in [5.74, 6) is -1.76. The van der Waals surface area contributed by atoms with Gasteiger partial charge in [-0.3, -0.25) is 0 Å². The Bertz CT molecular complexity index is 857. The number of ether oxygens (including phenoxy) is 1. The van der Waals surface area contributed by atoms with Crippen LogP contribution in [0.1, 0.15) is 25.7 Å². The Morgan fingerprint density at radius 2 is 2.15 bits per heavy atom. The number of anilines is 2. The summed E-state index contributed by atoms with van der Waals surface area (Å²) < 4.78 is 20.3. The van der Waals surface area contributed by atoms with Crippen LogP contribution in [0.5, 0.6) is 5.75 Å². The van der Waals surface area contributed by atoms with Crippen LogP contribution in [-0.4, -0.2) is 36.2 Å². The summed E-state index contributed by atoms with van der Waals surface area (Å²) in [5.41, 5.74) is 7.07. The van der Waals surface area contributed by atoms with Crippen molar-refractivity contribution >= 4 is 28.9 Å². The van der Waals surface area contributed by atoms with Gasteiger partial charge in [0, 0.05) is 36.7 Å². The molecule has 26 heavy (non-hydrogen) atoms. The van der Waals surface area contributed by atoms with Crippen molar-refractivity contribution in [3.63, 3.8) is 0 Å². The van der Waals surface area contributed by atoms with Crippen molar-refractivity contribution < 1.29 is 19.0 Å². The Morgan fingerprint density at radius 1 is 1.42 bits per heavy atom. The normalized spacial score (nSPS) is 29.5. The van der Waals surface area contributed by atoms with Gasteiger partial charge in [-0.25, -0.2) is 9.18 Å². The van der Waals surface area contributed by atoms with Crippen LogP contribution < -0.4 is 20.3 Å². The average Bonchev–Trinajstić information content (AvgIpc) is 3.47. The molecular formula is C18H19ClFN3O3. The number of carboxylic acids is 1. The number of hydrogen-bond donors (Lipinski definition) is 2. The molecule has 2 aliphatic heterocycles. The summed E-state index contributed by atoms with van der Waals surface area (Å²) in [7, 11) is 0. The van der Waals surface area contributed by atoms with E-state index in [4.69, 9.17) is 22.1 Å². The van der Waals surface area contributed by atoms with Crippen LogP contribution >= 0.6 is 11.6 Å². The minimum atomic E-state index is -1.19. The Labute approximate surface area is 154 Å². The van der Waals surface area contributed by atoms with E-state index in [-0.39, 0.29) is 34.0 Å². The predicted octanol–water partition coefficient (Wildman–Crippen LogP) is 2.69. The monoisotopic (exact) mass is 379 g/mol. The lowest BCUT2D eigenvalue weighted by Gasteiger charge is -2.31. The third-order valence-corrected chi connectivity index (χ3v) is 6.33. The molecule has 1 saturated heterocycles. The van der Waals surface area contributed by atoms with Gasteiger partial charge < -0.3 is 25.4 Å². The zero-order valence-electron chi connectivity index (χ0n) is 14.0. The Hall–Kier alpha value is -1.99. The molecule has 2 atom stereocenters. The van der Waals surface area contributed by atoms with Gasteiger partial charge in [0.25, 0.3) is 0 Å². The Balaban J connectivity index is 1.57. The fourth-order valence-corrected chi connectivity index (χ4v) is 4.60. The maximum Gasteiger partial charge on any atom is 0.373 e. The predicted molar refractivity (Wildman–Crippen MR) is 95.1 cm³/mol. The number of rotatable bonds is 3. The summed E-state index contributed by atoms with van der Waals surface area (Å²) in [6.07, 6.45) is 5.24.